The van der Waals surface area contributed by atoms with Crippen molar-refractivity contribution in [1.29, 1.82) is 0 Å². The number of hydrogen-bond donors (Lipinski definition) is 0. The Balaban J connectivity index is 4.66. The largest absolute Gasteiger partial charge is 0.462 e. The highest BCUT2D eigenvalue weighted by atomic mass is 16.6. The van der Waals surface area contributed by atoms with Crippen LogP contribution in [0.3, 0.4) is 0 Å². The van der Waals surface area contributed by atoms with Gasteiger partial charge >= 0.3 is 17.9 Å². The van der Waals surface area contributed by atoms with Gasteiger partial charge in [-0.1, -0.05) is 222 Å². The van der Waals surface area contributed by atoms with Crippen LogP contribution in [0.25, 0.3) is 0 Å². The van der Waals surface area contributed by atoms with Gasteiger partial charge in [0.2, 0.25) is 0 Å². The van der Waals surface area contributed by atoms with E-state index in [1.165, 1.54) is 0 Å². The van der Waals surface area contributed by atoms with Crippen molar-refractivity contribution in [1.82, 2.24) is 0 Å². The first-order valence-electron chi connectivity index (χ1n) is 23.5. The summed E-state index contributed by atoms with van der Waals surface area (Å²) in [6.45, 7) is 6.04. The van der Waals surface area contributed by atoms with Crippen LogP contribution in [-0.2, 0) is 28.6 Å². The molecular weight excluding hydrogens is 781 g/mol. The Kier molecular flexibility index (Phi) is 44.9. The normalized spacial score (nSPS) is 13.8. The van der Waals surface area contributed by atoms with Crippen molar-refractivity contribution in [2.45, 2.75) is 142 Å². The molecule has 0 fully saturated rings. The third-order valence-electron chi connectivity index (χ3n) is 8.77. The van der Waals surface area contributed by atoms with Crippen LogP contribution in [0.1, 0.15) is 136 Å². The second-order valence-electron chi connectivity index (χ2n) is 14.5. The third kappa shape index (κ3) is 47.4. The number of rotatable bonds is 38. The molecule has 0 aliphatic rings. The summed E-state index contributed by atoms with van der Waals surface area (Å²) in [6.07, 6.45) is 74.4. The molecule has 0 N–H and O–H groups in total. The fourth-order valence-electron chi connectivity index (χ4n) is 5.33. The third-order valence-corrected chi connectivity index (χ3v) is 8.77. The lowest BCUT2D eigenvalue weighted by Gasteiger charge is -2.18. The number of carbonyl (C=O) groups excluding carboxylic acids is 3. The standard InChI is InChI=1S/C57H80O6/c1-4-7-10-13-16-19-22-25-26-27-28-29-30-33-35-38-41-44-47-50-56(59)62-53-54(63-57(60)51-48-45-42-39-36-32-24-21-18-15-12-9-6-3)52-61-55(58)49-46-43-40-37-34-31-23-20-17-14-11-8-5-2/h7-36,54H,4-6,37-53H2,1-3H3/b10-7+,11-8+,12-9+,16-13+,17-14+,18-15+,22-19+,23-20+,24-21+,26-25+,28-27+,30-29+,34-31+,35-33+,36-32+. The molecule has 1 atom stereocenters. The molecule has 1 unspecified atom stereocenters. The van der Waals surface area contributed by atoms with Gasteiger partial charge in [-0.2, -0.15) is 0 Å². The smallest absolute Gasteiger partial charge is 0.306 e. The molecule has 6 heteroatoms. The Morgan fingerprint density at radius 1 is 0.317 bits per heavy atom. The van der Waals surface area contributed by atoms with Gasteiger partial charge in [-0.3, -0.25) is 14.4 Å². The minimum atomic E-state index is -0.844. The summed E-state index contributed by atoms with van der Waals surface area (Å²) in [5.41, 5.74) is 0. The predicted molar refractivity (Wildman–Crippen MR) is 269 cm³/mol. The van der Waals surface area contributed by atoms with E-state index >= 15 is 0 Å². The molecule has 0 radical (unpaired) electrons. The van der Waals surface area contributed by atoms with Gasteiger partial charge in [0, 0.05) is 19.3 Å². The molecule has 0 rings (SSSR count). The number of hydrogen-bond acceptors (Lipinski definition) is 6. The average Bonchev–Trinajstić information content (AvgIpc) is 3.28. The highest BCUT2D eigenvalue weighted by molar-refractivity contribution is 5.71. The van der Waals surface area contributed by atoms with Crippen molar-refractivity contribution >= 4 is 17.9 Å². The van der Waals surface area contributed by atoms with E-state index < -0.39 is 6.10 Å². The topological polar surface area (TPSA) is 78.9 Å². The molecule has 0 heterocycles. The Hall–Kier alpha value is -5.49. The van der Waals surface area contributed by atoms with Crippen molar-refractivity contribution < 1.29 is 28.6 Å². The number of ether oxygens (including phenoxy) is 3. The van der Waals surface area contributed by atoms with Crippen LogP contribution >= 0.6 is 0 Å². The van der Waals surface area contributed by atoms with Crippen LogP contribution < -0.4 is 0 Å². The summed E-state index contributed by atoms with van der Waals surface area (Å²) in [7, 11) is 0. The van der Waals surface area contributed by atoms with Crippen LogP contribution in [0.2, 0.25) is 0 Å². The molecule has 0 spiro atoms. The maximum atomic E-state index is 12.7. The van der Waals surface area contributed by atoms with Gasteiger partial charge in [0.15, 0.2) is 6.10 Å². The van der Waals surface area contributed by atoms with E-state index in [0.29, 0.717) is 19.3 Å². The van der Waals surface area contributed by atoms with E-state index in [1.54, 1.807) is 0 Å². The second-order valence-corrected chi connectivity index (χ2v) is 14.5. The summed E-state index contributed by atoms with van der Waals surface area (Å²) >= 11 is 0. The van der Waals surface area contributed by atoms with E-state index in [2.05, 4.69) is 57.2 Å². The summed E-state index contributed by atoms with van der Waals surface area (Å²) in [5.74, 6) is -1.08. The van der Waals surface area contributed by atoms with Crippen molar-refractivity contribution in [3.05, 3.63) is 182 Å². The van der Waals surface area contributed by atoms with Crippen molar-refractivity contribution in [2.24, 2.45) is 0 Å². The van der Waals surface area contributed by atoms with Crippen LogP contribution in [0.5, 0.6) is 0 Å². The fraction of sp³-hybridized carbons (Fsp3) is 0.421. The van der Waals surface area contributed by atoms with Gasteiger partial charge in [0.05, 0.1) is 0 Å². The maximum Gasteiger partial charge on any atom is 0.306 e. The molecule has 344 valence electrons. The molecule has 0 aromatic carbocycles. The Labute approximate surface area is 383 Å². The van der Waals surface area contributed by atoms with Gasteiger partial charge in [-0.25, -0.2) is 0 Å². The average molecular weight is 861 g/mol. The molecule has 0 aromatic heterocycles. The van der Waals surface area contributed by atoms with E-state index in [1.807, 2.05) is 146 Å². The summed E-state index contributed by atoms with van der Waals surface area (Å²) in [6, 6.07) is 0. The first-order chi connectivity index (χ1) is 31.0. The quantitative estimate of drug-likeness (QED) is 0.0266. The van der Waals surface area contributed by atoms with Crippen LogP contribution in [0.15, 0.2) is 182 Å². The molecule has 0 bridgehead atoms. The van der Waals surface area contributed by atoms with Crippen LogP contribution in [-0.4, -0.2) is 37.2 Å². The molecular formula is C57H80O6. The molecule has 6 nitrogen and oxygen atoms in total. The van der Waals surface area contributed by atoms with E-state index in [9.17, 15) is 14.4 Å². The summed E-state index contributed by atoms with van der Waals surface area (Å²) < 4.78 is 16.6. The lowest BCUT2D eigenvalue weighted by Crippen LogP contribution is -2.30. The molecule has 0 saturated heterocycles. The summed E-state index contributed by atoms with van der Waals surface area (Å²) in [5, 5.41) is 0. The van der Waals surface area contributed by atoms with Gasteiger partial charge in [0.25, 0.3) is 0 Å². The van der Waals surface area contributed by atoms with E-state index in [4.69, 9.17) is 14.2 Å². The highest BCUT2D eigenvalue weighted by Crippen LogP contribution is 2.10. The van der Waals surface area contributed by atoms with Gasteiger partial charge in [0.1, 0.15) is 13.2 Å². The molecule has 0 aliphatic heterocycles. The first kappa shape index (κ1) is 57.5. The zero-order chi connectivity index (χ0) is 45.8. The number of allylic oxidation sites excluding steroid dienone is 30. The van der Waals surface area contributed by atoms with Crippen molar-refractivity contribution in [3.63, 3.8) is 0 Å². The minimum absolute atomic E-state index is 0.141. The Morgan fingerprint density at radius 3 is 0.857 bits per heavy atom. The first-order valence-corrected chi connectivity index (χ1v) is 23.5. The maximum absolute atomic E-state index is 12.7. The molecule has 63 heavy (non-hydrogen) atoms. The number of esters is 3. The minimum Gasteiger partial charge on any atom is -0.462 e. The summed E-state index contributed by atoms with van der Waals surface area (Å²) in [4.78, 5) is 37.8. The molecule has 0 amide bonds. The highest BCUT2D eigenvalue weighted by Gasteiger charge is 2.19. The van der Waals surface area contributed by atoms with Gasteiger partial charge in [-0.15, -0.1) is 0 Å². The van der Waals surface area contributed by atoms with E-state index in [-0.39, 0.29) is 50.4 Å². The number of carbonyl (C=O) groups is 3. The zero-order valence-electron chi connectivity index (χ0n) is 39.0. The van der Waals surface area contributed by atoms with Crippen LogP contribution in [0.4, 0.5) is 0 Å². The Morgan fingerprint density at radius 2 is 0.571 bits per heavy atom. The van der Waals surface area contributed by atoms with E-state index in [0.717, 1.165) is 77.0 Å². The molecule has 0 saturated carbocycles. The van der Waals surface area contributed by atoms with Gasteiger partial charge in [-0.05, 0) is 77.0 Å². The van der Waals surface area contributed by atoms with Crippen molar-refractivity contribution in [2.75, 3.05) is 13.2 Å². The monoisotopic (exact) mass is 861 g/mol. The van der Waals surface area contributed by atoms with Crippen molar-refractivity contribution in [3.8, 4) is 0 Å². The zero-order valence-corrected chi connectivity index (χ0v) is 39.0. The second kappa shape index (κ2) is 49.2. The lowest BCUT2D eigenvalue weighted by atomic mass is 10.1. The van der Waals surface area contributed by atoms with Gasteiger partial charge < -0.3 is 14.2 Å². The SMILES string of the molecule is CC/C=C/C=C/C=C/C=C/C=C/C=C/C=C/CCCCCC(=O)OCC(COC(=O)CCCCC/C=C/C=C/C=C/C=C/CC)OC(=O)CCCCC/C=C/C=C/C=C/C=C/CC. The lowest BCUT2D eigenvalue weighted by molar-refractivity contribution is -0.167. The molecule has 0 aromatic rings. The predicted octanol–water partition coefficient (Wildman–Crippen LogP) is 15.4. The van der Waals surface area contributed by atoms with Crippen LogP contribution in [0, 0.1) is 0 Å². The Bertz CT molecular complexity index is 1600. The fourth-order valence-corrected chi connectivity index (χ4v) is 5.33. The molecule has 0 aliphatic carbocycles. The number of unbranched alkanes of at least 4 members (excludes halogenated alkanes) is 9.